The largest absolute Gasteiger partial charge is 0.354 e. The summed E-state index contributed by atoms with van der Waals surface area (Å²) in [7, 11) is -3.83. The van der Waals surface area contributed by atoms with E-state index in [2.05, 4.69) is 26.1 Å². The Morgan fingerprint density at radius 1 is 0.929 bits per heavy atom. The van der Waals surface area contributed by atoms with Gasteiger partial charge in [-0.1, -0.05) is 100 Å². The Morgan fingerprint density at radius 3 is 2.14 bits per heavy atom. The Labute approximate surface area is 255 Å². The van der Waals surface area contributed by atoms with Crippen LogP contribution in [-0.4, -0.2) is 50.5 Å². The molecule has 226 valence electrons. The third-order valence-corrected chi connectivity index (χ3v) is 8.42. The molecule has 0 fully saturated rings. The highest BCUT2D eigenvalue weighted by atomic mass is 35.5. The molecule has 1 atom stereocenters. The lowest BCUT2D eigenvalue weighted by Crippen LogP contribution is -2.53. The van der Waals surface area contributed by atoms with Gasteiger partial charge in [0.25, 0.3) is 0 Å². The van der Waals surface area contributed by atoms with Crippen LogP contribution >= 0.6 is 11.6 Å². The molecule has 1 N–H and O–H groups in total. The van der Waals surface area contributed by atoms with Crippen LogP contribution in [0.1, 0.15) is 57.2 Å². The van der Waals surface area contributed by atoms with E-state index in [1.54, 1.807) is 30.3 Å². The van der Waals surface area contributed by atoms with Crippen molar-refractivity contribution in [2.75, 3.05) is 23.7 Å². The van der Waals surface area contributed by atoms with Crippen molar-refractivity contribution in [1.29, 1.82) is 0 Å². The molecule has 0 saturated carbocycles. The fraction of sp³-hybridized carbons (Fsp3) is 0.394. The van der Waals surface area contributed by atoms with E-state index >= 15 is 0 Å². The van der Waals surface area contributed by atoms with Crippen LogP contribution in [0.4, 0.5) is 5.69 Å². The van der Waals surface area contributed by atoms with Crippen molar-refractivity contribution in [2.45, 2.75) is 65.0 Å². The van der Waals surface area contributed by atoms with Crippen molar-refractivity contribution >= 4 is 39.1 Å². The number of anilines is 1. The van der Waals surface area contributed by atoms with E-state index in [-0.39, 0.29) is 24.3 Å². The standard InChI is InChI=1S/C33H42ClN3O4S/c1-6-7-20-35-32(39)30(22-25-12-9-8-10-13-25)36(23-26-14-11-15-28(34)21-26)31(38)24-37(42(5,40)41)29-18-16-27(17-19-29)33(2,3)4/h8-19,21,30H,6-7,20,22-24H2,1-5H3,(H,35,39)/t30-/m1/s1. The van der Waals surface area contributed by atoms with E-state index in [9.17, 15) is 18.0 Å². The second-order valence-electron chi connectivity index (χ2n) is 11.6. The third kappa shape index (κ3) is 9.60. The van der Waals surface area contributed by atoms with E-state index < -0.39 is 28.5 Å². The lowest BCUT2D eigenvalue weighted by atomic mass is 9.87. The van der Waals surface area contributed by atoms with E-state index in [1.807, 2.05) is 55.5 Å². The Morgan fingerprint density at radius 2 is 1.57 bits per heavy atom. The Kier molecular flexibility index (Phi) is 11.6. The molecule has 9 heteroatoms. The zero-order chi connectivity index (χ0) is 30.9. The molecular formula is C33H42ClN3O4S. The first kappa shape index (κ1) is 33.1. The fourth-order valence-corrected chi connectivity index (χ4v) is 5.70. The highest BCUT2D eigenvalue weighted by molar-refractivity contribution is 7.92. The summed E-state index contributed by atoms with van der Waals surface area (Å²) in [5, 5.41) is 3.48. The van der Waals surface area contributed by atoms with Crippen LogP contribution in [0.2, 0.25) is 5.02 Å². The molecule has 0 radical (unpaired) electrons. The first-order valence-corrected chi connectivity index (χ1v) is 16.5. The molecule has 7 nitrogen and oxygen atoms in total. The molecule has 0 spiro atoms. The molecule has 42 heavy (non-hydrogen) atoms. The van der Waals surface area contributed by atoms with Crippen molar-refractivity contribution in [3.05, 3.63) is 101 Å². The van der Waals surface area contributed by atoms with Gasteiger partial charge in [0.2, 0.25) is 21.8 Å². The number of halogens is 1. The number of sulfonamides is 1. The van der Waals surface area contributed by atoms with E-state index in [0.29, 0.717) is 17.3 Å². The molecule has 0 aliphatic carbocycles. The number of amides is 2. The van der Waals surface area contributed by atoms with Crippen molar-refractivity contribution < 1.29 is 18.0 Å². The molecule has 3 rings (SSSR count). The average Bonchev–Trinajstić information content (AvgIpc) is 2.93. The number of unbranched alkanes of at least 4 members (excludes halogenated alkanes) is 1. The van der Waals surface area contributed by atoms with E-state index in [1.165, 1.54) is 4.90 Å². The maximum absolute atomic E-state index is 14.2. The second-order valence-corrected chi connectivity index (χ2v) is 13.9. The third-order valence-electron chi connectivity index (χ3n) is 7.04. The van der Waals surface area contributed by atoms with E-state index in [0.717, 1.165) is 40.1 Å². The van der Waals surface area contributed by atoms with Crippen molar-refractivity contribution in [3.63, 3.8) is 0 Å². The summed E-state index contributed by atoms with van der Waals surface area (Å²) >= 11 is 6.26. The predicted octanol–water partition coefficient (Wildman–Crippen LogP) is 5.96. The number of nitrogens with zero attached hydrogens (tertiary/aromatic N) is 2. The highest BCUT2D eigenvalue weighted by Crippen LogP contribution is 2.26. The number of nitrogens with one attached hydrogen (secondary N) is 1. The monoisotopic (exact) mass is 611 g/mol. The van der Waals surface area contributed by atoms with Crippen LogP contribution in [0.15, 0.2) is 78.9 Å². The maximum Gasteiger partial charge on any atom is 0.244 e. The Balaban J connectivity index is 2.03. The number of hydrogen-bond donors (Lipinski definition) is 1. The van der Waals surface area contributed by atoms with Crippen LogP contribution < -0.4 is 9.62 Å². The fourth-order valence-electron chi connectivity index (χ4n) is 4.63. The van der Waals surface area contributed by atoms with Gasteiger partial charge in [-0.25, -0.2) is 8.42 Å². The van der Waals surface area contributed by atoms with Gasteiger partial charge in [0.05, 0.1) is 11.9 Å². The molecule has 0 heterocycles. The number of rotatable bonds is 13. The summed E-state index contributed by atoms with van der Waals surface area (Å²) in [6.07, 6.45) is 3.06. The predicted molar refractivity (Wildman–Crippen MR) is 171 cm³/mol. The quantitative estimate of drug-likeness (QED) is 0.242. The molecule has 0 aromatic heterocycles. The summed E-state index contributed by atoms with van der Waals surface area (Å²) < 4.78 is 27.1. The number of benzene rings is 3. The molecule has 0 bridgehead atoms. The second kappa shape index (κ2) is 14.7. The number of carbonyl (C=O) groups excluding carboxylic acids is 2. The Hall–Kier alpha value is -3.36. The average molecular weight is 612 g/mol. The first-order valence-electron chi connectivity index (χ1n) is 14.2. The van der Waals surface area contributed by atoms with Crippen LogP contribution in [0.5, 0.6) is 0 Å². The molecule has 2 amide bonds. The van der Waals surface area contributed by atoms with Gasteiger partial charge in [0.1, 0.15) is 12.6 Å². The zero-order valence-corrected chi connectivity index (χ0v) is 26.7. The molecule has 3 aromatic rings. The smallest absolute Gasteiger partial charge is 0.244 e. The molecule has 0 aliphatic rings. The van der Waals surface area contributed by atoms with Crippen molar-refractivity contribution in [2.24, 2.45) is 0 Å². The van der Waals surface area contributed by atoms with Crippen LogP contribution in [0.3, 0.4) is 0 Å². The number of hydrogen-bond acceptors (Lipinski definition) is 4. The minimum absolute atomic E-state index is 0.0820. The summed E-state index contributed by atoms with van der Waals surface area (Å²) in [4.78, 5) is 29.3. The van der Waals surface area contributed by atoms with Gasteiger partial charge in [-0.3, -0.25) is 13.9 Å². The van der Waals surface area contributed by atoms with Gasteiger partial charge in [-0.15, -0.1) is 0 Å². The molecular weight excluding hydrogens is 570 g/mol. The summed E-state index contributed by atoms with van der Waals surface area (Å²) in [6.45, 7) is 8.37. The normalized spacial score (nSPS) is 12.4. The lowest BCUT2D eigenvalue weighted by molar-refractivity contribution is -0.140. The first-order chi connectivity index (χ1) is 19.8. The zero-order valence-electron chi connectivity index (χ0n) is 25.1. The van der Waals surface area contributed by atoms with Crippen LogP contribution in [0, 0.1) is 0 Å². The maximum atomic E-state index is 14.2. The molecule has 0 aliphatic heterocycles. The number of carbonyl (C=O) groups is 2. The van der Waals surface area contributed by atoms with Crippen molar-refractivity contribution in [1.82, 2.24) is 10.2 Å². The van der Waals surface area contributed by atoms with Crippen LogP contribution in [0.25, 0.3) is 0 Å². The minimum Gasteiger partial charge on any atom is -0.354 e. The molecule has 0 unspecified atom stereocenters. The van der Waals surface area contributed by atoms with Crippen LogP contribution in [-0.2, 0) is 38.0 Å². The van der Waals surface area contributed by atoms with Gasteiger partial charge in [-0.05, 0) is 52.8 Å². The summed E-state index contributed by atoms with van der Waals surface area (Å²) in [6, 6.07) is 22.9. The van der Waals surface area contributed by atoms with Crippen molar-refractivity contribution in [3.8, 4) is 0 Å². The topological polar surface area (TPSA) is 86.8 Å². The van der Waals surface area contributed by atoms with Gasteiger partial charge in [0, 0.05) is 24.5 Å². The Bertz CT molecular complexity index is 1440. The molecule has 3 aromatic carbocycles. The van der Waals surface area contributed by atoms with Gasteiger partial charge >= 0.3 is 0 Å². The minimum atomic E-state index is -3.83. The summed E-state index contributed by atoms with van der Waals surface area (Å²) in [5.74, 6) is -0.782. The lowest BCUT2D eigenvalue weighted by Gasteiger charge is -2.33. The SMILES string of the molecule is CCCCNC(=O)[C@@H](Cc1ccccc1)N(Cc1cccc(Cl)c1)C(=O)CN(c1ccc(C(C)(C)C)cc1)S(C)(=O)=O. The van der Waals surface area contributed by atoms with Gasteiger partial charge in [-0.2, -0.15) is 0 Å². The molecule has 0 saturated heterocycles. The summed E-state index contributed by atoms with van der Waals surface area (Å²) in [5.41, 5.74) is 2.92. The van der Waals surface area contributed by atoms with Gasteiger partial charge < -0.3 is 10.2 Å². The highest BCUT2D eigenvalue weighted by Gasteiger charge is 2.33. The van der Waals surface area contributed by atoms with Gasteiger partial charge in [0.15, 0.2) is 0 Å². The van der Waals surface area contributed by atoms with E-state index in [4.69, 9.17) is 11.6 Å².